The predicted molar refractivity (Wildman–Crippen MR) is 88.4 cm³/mol. The molecule has 1 amide bonds. The standard InChI is InChI=1S/C17H23N3O/c1-4-20(12-17(21)19(2)3)16-10-9-13(11-18)14-7-5-6-8-15(14)16/h5-10H,4,11-12,18H2,1-3H3. The molecule has 0 aliphatic heterocycles. The van der Waals surface area contributed by atoms with Gasteiger partial charge in [-0.1, -0.05) is 30.3 Å². The Kier molecular flexibility index (Phi) is 4.81. The Bertz CT molecular complexity index is 637. The molecule has 2 rings (SSSR count). The summed E-state index contributed by atoms with van der Waals surface area (Å²) in [5.74, 6) is 0.101. The number of nitrogens with zero attached hydrogens (tertiary/aromatic N) is 2. The second-order valence-corrected chi connectivity index (χ2v) is 5.30. The SMILES string of the molecule is CCN(CC(=O)N(C)C)c1ccc(CN)c2ccccc12. The number of fused-ring (bicyclic) bond motifs is 1. The number of nitrogens with two attached hydrogens (primary N) is 1. The van der Waals surface area contributed by atoms with Gasteiger partial charge in [0.05, 0.1) is 6.54 Å². The summed E-state index contributed by atoms with van der Waals surface area (Å²) in [5, 5.41) is 2.31. The van der Waals surface area contributed by atoms with Gasteiger partial charge in [-0.25, -0.2) is 0 Å². The van der Waals surface area contributed by atoms with Crippen LogP contribution < -0.4 is 10.6 Å². The normalized spacial score (nSPS) is 10.7. The zero-order valence-corrected chi connectivity index (χ0v) is 13.0. The van der Waals surface area contributed by atoms with E-state index in [-0.39, 0.29) is 5.91 Å². The summed E-state index contributed by atoms with van der Waals surface area (Å²) in [6.07, 6.45) is 0. The second-order valence-electron chi connectivity index (χ2n) is 5.30. The van der Waals surface area contributed by atoms with Crippen LogP contribution in [0.25, 0.3) is 10.8 Å². The minimum absolute atomic E-state index is 0.101. The van der Waals surface area contributed by atoms with Gasteiger partial charge in [-0.15, -0.1) is 0 Å². The van der Waals surface area contributed by atoms with Gasteiger partial charge < -0.3 is 15.5 Å². The van der Waals surface area contributed by atoms with E-state index < -0.39 is 0 Å². The molecule has 0 aromatic heterocycles. The van der Waals surface area contributed by atoms with Crippen LogP contribution in [0.4, 0.5) is 5.69 Å². The van der Waals surface area contributed by atoms with Crippen LogP contribution in [-0.2, 0) is 11.3 Å². The van der Waals surface area contributed by atoms with Crippen molar-refractivity contribution in [2.24, 2.45) is 5.73 Å². The number of benzene rings is 2. The third-order valence-corrected chi connectivity index (χ3v) is 3.76. The molecule has 0 heterocycles. The molecule has 2 aromatic carbocycles. The third-order valence-electron chi connectivity index (χ3n) is 3.76. The van der Waals surface area contributed by atoms with Crippen molar-refractivity contribution in [1.82, 2.24) is 4.90 Å². The molecule has 0 radical (unpaired) electrons. The number of hydrogen-bond acceptors (Lipinski definition) is 3. The molecule has 0 aliphatic carbocycles. The van der Waals surface area contributed by atoms with Crippen molar-refractivity contribution in [2.75, 3.05) is 32.1 Å². The van der Waals surface area contributed by atoms with Crippen molar-refractivity contribution >= 4 is 22.4 Å². The maximum absolute atomic E-state index is 12.0. The summed E-state index contributed by atoms with van der Waals surface area (Å²) >= 11 is 0. The fourth-order valence-corrected chi connectivity index (χ4v) is 2.47. The lowest BCUT2D eigenvalue weighted by molar-refractivity contribution is -0.127. The largest absolute Gasteiger partial charge is 0.362 e. The monoisotopic (exact) mass is 285 g/mol. The van der Waals surface area contributed by atoms with Gasteiger partial charge in [0.2, 0.25) is 5.91 Å². The number of carbonyl (C=O) groups is 1. The maximum atomic E-state index is 12.0. The Hall–Kier alpha value is -2.07. The Morgan fingerprint density at radius 2 is 1.76 bits per heavy atom. The smallest absolute Gasteiger partial charge is 0.241 e. The molecule has 0 bridgehead atoms. The molecule has 4 heteroatoms. The van der Waals surface area contributed by atoms with Gasteiger partial charge >= 0.3 is 0 Å². The molecule has 0 aliphatic rings. The van der Waals surface area contributed by atoms with Crippen molar-refractivity contribution in [3.63, 3.8) is 0 Å². The average Bonchev–Trinajstić information content (AvgIpc) is 2.51. The Balaban J connectivity index is 2.47. The lowest BCUT2D eigenvalue weighted by Gasteiger charge is -2.26. The van der Waals surface area contributed by atoms with E-state index in [4.69, 9.17) is 5.73 Å². The fraction of sp³-hybridized carbons (Fsp3) is 0.353. The van der Waals surface area contributed by atoms with Crippen molar-refractivity contribution < 1.29 is 4.79 Å². The highest BCUT2D eigenvalue weighted by Crippen LogP contribution is 2.29. The Morgan fingerprint density at radius 3 is 2.33 bits per heavy atom. The van der Waals surface area contributed by atoms with Crippen LogP contribution in [0.1, 0.15) is 12.5 Å². The number of likely N-dealkylation sites (N-methyl/N-ethyl adjacent to an activating group) is 2. The van der Waals surface area contributed by atoms with E-state index in [1.54, 1.807) is 19.0 Å². The minimum Gasteiger partial charge on any atom is -0.362 e. The third kappa shape index (κ3) is 3.16. The van der Waals surface area contributed by atoms with Crippen molar-refractivity contribution in [3.8, 4) is 0 Å². The van der Waals surface area contributed by atoms with Gasteiger partial charge in [0.15, 0.2) is 0 Å². The van der Waals surface area contributed by atoms with E-state index in [1.807, 2.05) is 12.1 Å². The molecule has 0 unspecified atom stereocenters. The molecule has 2 N–H and O–H groups in total. The molecule has 0 spiro atoms. The van der Waals surface area contributed by atoms with Crippen LogP contribution in [0, 0.1) is 0 Å². The summed E-state index contributed by atoms with van der Waals surface area (Å²) < 4.78 is 0. The highest BCUT2D eigenvalue weighted by molar-refractivity contribution is 5.97. The second kappa shape index (κ2) is 6.59. The van der Waals surface area contributed by atoms with Crippen LogP contribution in [0.3, 0.4) is 0 Å². The Labute approximate surface area is 126 Å². The molecule has 0 saturated heterocycles. The highest BCUT2D eigenvalue weighted by atomic mass is 16.2. The van der Waals surface area contributed by atoms with E-state index in [0.29, 0.717) is 13.1 Å². The number of amides is 1. The first-order chi connectivity index (χ1) is 10.1. The number of anilines is 1. The zero-order valence-electron chi connectivity index (χ0n) is 13.0. The van der Waals surface area contributed by atoms with Crippen molar-refractivity contribution in [1.29, 1.82) is 0 Å². The summed E-state index contributed by atoms with van der Waals surface area (Å²) in [4.78, 5) is 15.7. The van der Waals surface area contributed by atoms with Gasteiger partial charge in [-0.05, 0) is 23.9 Å². The molecular formula is C17H23N3O. The number of carbonyl (C=O) groups excluding carboxylic acids is 1. The van der Waals surface area contributed by atoms with Crippen LogP contribution in [0.5, 0.6) is 0 Å². The molecule has 4 nitrogen and oxygen atoms in total. The number of hydrogen-bond donors (Lipinski definition) is 1. The first kappa shape index (κ1) is 15.3. The lowest BCUT2D eigenvalue weighted by Crippen LogP contribution is -2.36. The van der Waals surface area contributed by atoms with E-state index in [9.17, 15) is 4.79 Å². The fourth-order valence-electron chi connectivity index (χ4n) is 2.47. The minimum atomic E-state index is 0.101. The van der Waals surface area contributed by atoms with E-state index in [0.717, 1.165) is 28.6 Å². The lowest BCUT2D eigenvalue weighted by atomic mass is 10.0. The predicted octanol–water partition coefficient (Wildman–Crippen LogP) is 2.21. The molecular weight excluding hydrogens is 262 g/mol. The number of rotatable bonds is 5. The summed E-state index contributed by atoms with van der Waals surface area (Å²) in [5.41, 5.74) is 8.03. The van der Waals surface area contributed by atoms with Crippen LogP contribution in [0.2, 0.25) is 0 Å². The van der Waals surface area contributed by atoms with Crippen molar-refractivity contribution in [2.45, 2.75) is 13.5 Å². The average molecular weight is 285 g/mol. The topological polar surface area (TPSA) is 49.6 Å². The van der Waals surface area contributed by atoms with Gasteiger partial charge in [0.1, 0.15) is 0 Å². The molecule has 0 saturated carbocycles. The van der Waals surface area contributed by atoms with E-state index >= 15 is 0 Å². The maximum Gasteiger partial charge on any atom is 0.241 e. The molecule has 2 aromatic rings. The summed E-state index contributed by atoms with van der Waals surface area (Å²) in [7, 11) is 3.57. The van der Waals surface area contributed by atoms with Gasteiger partial charge in [0.25, 0.3) is 0 Å². The molecule has 0 atom stereocenters. The molecule has 112 valence electrons. The summed E-state index contributed by atoms with van der Waals surface area (Å²) in [6.45, 7) is 3.75. The van der Waals surface area contributed by atoms with E-state index in [2.05, 4.69) is 36.1 Å². The van der Waals surface area contributed by atoms with Crippen LogP contribution >= 0.6 is 0 Å². The van der Waals surface area contributed by atoms with Crippen LogP contribution in [-0.4, -0.2) is 38.0 Å². The molecule has 21 heavy (non-hydrogen) atoms. The quantitative estimate of drug-likeness (QED) is 0.916. The van der Waals surface area contributed by atoms with Crippen LogP contribution in [0.15, 0.2) is 36.4 Å². The molecule has 0 fully saturated rings. The van der Waals surface area contributed by atoms with Gasteiger partial charge in [-0.3, -0.25) is 4.79 Å². The zero-order chi connectivity index (χ0) is 15.4. The first-order valence-electron chi connectivity index (χ1n) is 7.24. The Morgan fingerprint density at radius 1 is 1.10 bits per heavy atom. The first-order valence-corrected chi connectivity index (χ1v) is 7.24. The van der Waals surface area contributed by atoms with Gasteiger partial charge in [0, 0.05) is 38.3 Å². The summed E-state index contributed by atoms with van der Waals surface area (Å²) in [6, 6.07) is 12.3. The van der Waals surface area contributed by atoms with Crippen molar-refractivity contribution in [3.05, 3.63) is 42.0 Å². The van der Waals surface area contributed by atoms with Gasteiger partial charge in [-0.2, -0.15) is 0 Å². The van der Waals surface area contributed by atoms with E-state index in [1.165, 1.54) is 0 Å². The highest BCUT2D eigenvalue weighted by Gasteiger charge is 2.14.